The van der Waals surface area contributed by atoms with Crippen molar-refractivity contribution >= 4 is 5.78 Å². The third kappa shape index (κ3) is 2.07. The SMILES string of the molecule is CNCC1(C(=O)CC(C)C)CC1. The molecule has 1 fully saturated rings. The van der Waals surface area contributed by atoms with Gasteiger partial charge in [-0.3, -0.25) is 4.79 Å². The molecule has 0 aromatic carbocycles. The molecule has 0 aliphatic heterocycles. The molecule has 12 heavy (non-hydrogen) atoms. The highest BCUT2D eigenvalue weighted by molar-refractivity contribution is 5.87. The molecule has 2 nitrogen and oxygen atoms in total. The molecule has 1 N–H and O–H groups in total. The Morgan fingerprint density at radius 1 is 1.50 bits per heavy atom. The van der Waals surface area contributed by atoms with Crippen LogP contribution >= 0.6 is 0 Å². The lowest BCUT2D eigenvalue weighted by Gasteiger charge is -2.14. The highest BCUT2D eigenvalue weighted by Gasteiger charge is 2.48. The molecule has 0 aromatic rings. The molecule has 0 amide bonds. The molecule has 2 heteroatoms. The van der Waals surface area contributed by atoms with Crippen LogP contribution < -0.4 is 5.32 Å². The van der Waals surface area contributed by atoms with Crippen LogP contribution in [0.5, 0.6) is 0 Å². The van der Waals surface area contributed by atoms with Crippen LogP contribution in [-0.4, -0.2) is 19.4 Å². The van der Waals surface area contributed by atoms with Crippen molar-refractivity contribution in [3.05, 3.63) is 0 Å². The Hall–Kier alpha value is -0.370. The Labute approximate surface area is 74.7 Å². The van der Waals surface area contributed by atoms with E-state index < -0.39 is 0 Å². The first-order valence-electron chi connectivity index (χ1n) is 4.78. The number of Topliss-reactive ketones (excluding diaryl/α,β-unsaturated/α-hetero) is 1. The second-order valence-corrected chi connectivity index (χ2v) is 4.33. The van der Waals surface area contributed by atoms with E-state index in [2.05, 4.69) is 19.2 Å². The fourth-order valence-corrected chi connectivity index (χ4v) is 1.63. The van der Waals surface area contributed by atoms with E-state index >= 15 is 0 Å². The molecule has 0 bridgehead atoms. The maximum Gasteiger partial charge on any atom is 0.140 e. The molecule has 1 saturated carbocycles. The molecule has 0 spiro atoms. The van der Waals surface area contributed by atoms with Gasteiger partial charge in [-0.1, -0.05) is 13.8 Å². The topological polar surface area (TPSA) is 29.1 Å². The first kappa shape index (κ1) is 9.72. The van der Waals surface area contributed by atoms with Crippen molar-refractivity contribution in [3.8, 4) is 0 Å². The summed E-state index contributed by atoms with van der Waals surface area (Å²) in [6.45, 7) is 5.08. The Morgan fingerprint density at radius 3 is 2.42 bits per heavy atom. The van der Waals surface area contributed by atoms with Gasteiger partial charge in [0.05, 0.1) is 0 Å². The van der Waals surface area contributed by atoms with E-state index in [4.69, 9.17) is 0 Å². The van der Waals surface area contributed by atoms with Gasteiger partial charge in [0.1, 0.15) is 5.78 Å². The van der Waals surface area contributed by atoms with E-state index in [0.717, 1.165) is 25.8 Å². The maximum absolute atomic E-state index is 11.7. The number of nitrogens with one attached hydrogen (secondary N) is 1. The van der Waals surface area contributed by atoms with Crippen molar-refractivity contribution in [1.29, 1.82) is 0 Å². The molecule has 0 unspecified atom stereocenters. The van der Waals surface area contributed by atoms with E-state index in [1.54, 1.807) is 0 Å². The third-order valence-electron chi connectivity index (χ3n) is 2.55. The van der Waals surface area contributed by atoms with Crippen LogP contribution in [0.2, 0.25) is 0 Å². The minimum Gasteiger partial charge on any atom is -0.319 e. The monoisotopic (exact) mass is 169 g/mol. The zero-order valence-electron chi connectivity index (χ0n) is 8.31. The van der Waals surface area contributed by atoms with Crippen molar-refractivity contribution < 1.29 is 4.79 Å². The van der Waals surface area contributed by atoms with E-state index in [-0.39, 0.29) is 5.41 Å². The Morgan fingerprint density at radius 2 is 2.08 bits per heavy atom. The average Bonchev–Trinajstić information content (AvgIpc) is 2.68. The van der Waals surface area contributed by atoms with Crippen LogP contribution in [-0.2, 0) is 4.79 Å². The molecule has 0 saturated heterocycles. The molecule has 0 aromatic heterocycles. The second kappa shape index (κ2) is 3.56. The van der Waals surface area contributed by atoms with Gasteiger partial charge in [-0.05, 0) is 25.8 Å². The number of carbonyl (C=O) groups is 1. The smallest absolute Gasteiger partial charge is 0.140 e. The zero-order valence-corrected chi connectivity index (χ0v) is 8.31. The Bertz CT molecular complexity index is 171. The Kier molecular flexibility index (Phi) is 2.89. The summed E-state index contributed by atoms with van der Waals surface area (Å²) in [5.41, 5.74) is 0.0407. The standard InChI is InChI=1S/C10H19NO/c1-8(2)6-9(12)10(4-5-10)7-11-3/h8,11H,4-7H2,1-3H3. The van der Waals surface area contributed by atoms with Gasteiger partial charge in [0, 0.05) is 18.4 Å². The fraction of sp³-hybridized carbons (Fsp3) is 0.900. The lowest BCUT2D eigenvalue weighted by Crippen LogP contribution is -2.28. The zero-order chi connectivity index (χ0) is 9.19. The average molecular weight is 169 g/mol. The van der Waals surface area contributed by atoms with Crippen molar-refractivity contribution in [3.63, 3.8) is 0 Å². The van der Waals surface area contributed by atoms with Gasteiger partial charge in [0.2, 0.25) is 0 Å². The number of hydrogen-bond donors (Lipinski definition) is 1. The first-order chi connectivity index (χ1) is 5.60. The van der Waals surface area contributed by atoms with E-state index in [0.29, 0.717) is 11.7 Å². The lowest BCUT2D eigenvalue weighted by molar-refractivity contribution is -0.124. The summed E-state index contributed by atoms with van der Waals surface area (Å²) in [6.07, 6.45) is 2.94. The van der Waals surface area contributed by atoms with Gasteiger partial charge in [-0.2, -0.15) is 0 Å². The normalized spacial score (nSPS) is 19.7. The first-order valence-corrected chi connectivity index (χ1v) is 4.78. The number of hydrogen-bond acceptors (Lipinski definition) is 2. The molecule has 0 heterocycles. The lowest BCUT2D eigenvalue weighted by atomic mass is 9.93. The molecule has 0 radical (unpaired) electrons. The quantitative estimate of drug-likeness (QED) is 0.677. The van der Waals surface area contributed by atoms with Crippen molar-refractivity contribution in [1.82, 2.24) is 5.32 Å². The van der Waals surface area contributed by atoms with Crippen LogP contribution in [0.15, 0.2) is 0 Å². The minimum absolute atomic E-state index is 0.0407. The van der Waals surface area contributed by atoms with E-state index in [1.165, 1.54) is 0 Å². The van der Waals surface area contributed by atoms with Crippen molar-refractivity contribution in [2.24, 2.45) is 11.3 Å². The molecule has 1 rings (SSSR count). The molecule has 0 atom stereocenters. The summed E-state index contributed by atoms with van der Waals surface area (Å²) < 4.78 is 0. The van der Waals surface area contributed by atoms with Crippen LogP contribution in [0, 0.1) is 11.3 Å². The summed E-state index contributed by atoms with van der Waals surface area (Å²) in [5, 5.41) is 3.10. The maximum atomic E-state index is 11.7. The van der Waals surface area contributed by atoms with Gasteiger partial charge >= 0.3 is 0 Å². The number of carbonyl (C=O) groups excluding carboxylic acids is 1. The van der Waals surface area contributed by atoms with Gasteiger partial charge in [0.15, 0.2) is 0 Å². The minimum atomic E-state index is 0.0407. The summed E-state index contributed by atoms with van der Waals surface area (Å²) in [4.78, 5) is 11.7. The summed E-state index contributed by atoms with van der Waals surface area (Å²) in [5.74, 6) is 0.971. The molecular formula is C10H19NO. The predicted molar refractivity (Wildman–Crippen MR) is 50.1 cm³/mol. The summed E-state index contributed by atoms with van der Waals surface area (Å²) in [7, 11) is 1.92. The van der Waals surface area contributed by atoms with Gasteiger partial charge < -0.3 is 5.32 Å². The summed E-state index contributed by atoms with van der Waals surface area (Å²) in [6, 6.07) is 0. The van der Waals surface area contributed by atoms with Crippen molar-refractivity contribution in [2.45, 2.75) is 33.1 Å². The third-order valence-corrected chi connectivity index (χ3v) is 2.55. The molecular weight excluding hydrogens is 150 g/mol. The van der Waals surface area contributed by atoms with Crippen molar-refractivity contribution in [2.75, 3.05) is 13.6 Å². The highest BCUT2D eigenvalue weighted by Crippen LogP contribution is 2.47. The van der Waals surface area contributed by atoms with E-state index in [9.17, 15) is 4.79 Å². The van der Waals surface area contributed by atoms with Gasteiger partial charge in [-0.25, -0.2) is 0 Å². The number of rotatable bonds is 5. The van der Waals surface area contributed by atoms with Gasteiger partial charge in [0.25, 0.3) is 0 Å². The van der Waals surface area contributed by atoms with Crippen LogP contribution in [0.3, 0.4) is 0 Å². The number of ketones is 1. The van der Waals surface area contributed by atoms with E-state index in [1.807, 2.05) is 7.05 Å². The largest absolute Gasteiger partial charge is 0.319 e. The predicted octanol–water partition coefficient (Wildman–Crippen LogP) is 1.60. The van der Waals surface area contributed by atoms with Crippen LogP contribution in [0.1, 0.15) is 33.1 Å². The second-order valence-electron chi connectivity index (χ2n) is 4.33. The van der Waals surface area contributed by atoms with Crippen LogP contribution in [0.25, 0.3) is 0 Å². The molecule has 1 aliphatic carbocycles. The summed E-state index contributed by atoms with van der Waals surface area (Å²) >= 11 is 0. The molecule has 1 aliphatic rings. The Balaban J connectivity index is 2.40. The molecule has 70 valence electrons. The highest BCUT2D eigenvalue weighted by atomic mass is 16.1. The van der Waals surface area contributed by atoms with Gasteiger partial charge in [-0.15, -0.1) is 0 Å². The van der Waals surface area contributed by atoms with Crippen LogP contribution in [0.4, 0.5) is 0 Å². The fourth-order valence-electron chi connectivity index (χ4n) is 1.63.